The van der Waals surface area contributed by atoms with Crippen molar-refractivity contribution in [1.29, 1.82) is 0 Å². The van der Waals surface area contributed by atoms with Crippen LogP contribution in [0.15, 0.2) is 131 Å². The van der Waals surface area contributed by atoms with E-state index in [-0.39, 0.29) is 0 Å². The van der Waals surface area contributed by atoms with Crippen LogP contribution in [-0.4, -0.2) is 19.1 Å². The van der Waals surface area contributed by atoms with Crippen molar-refractivity contribution in [3.63, 3.8) is 0 Å². The van der Waals surface area contributed by atoms with Crippen LogP contribution in [0.3, 0.4) is 0 Å². The van der Waals surface area contributed by atoms with Gasteiger partial charge in [-0.05, 0) is 97.1 Å². The van der Waals surface area contributed by atoms with E-state index in [1.54, 1.807) is 18.9 Å². The number of para-hydroxylation sites is 1. The fourth-order valence-electron chi connectivity index (χ4n) is 4.17. The molecule has 188 valence electrons. The van der Waals surface area contributed by atoms with E-state index in [0.29, 0.717) is 0 Å². The second-order valence-corrected chi connectivity index (χ2v) is 9.73. The van der Waals surface area contributed by atoms with Crippen LogP contribution in [0.25, 0.3) is 11.1 Å². The van der Waals surface area contributed by atoms with E-state index in [1.807, 2.05) is 66.7 Å². The fourth-order valence-corrected chi connectivity index (χ4v) is 4.70. The van der Waals surface area contributed by atoms with Gasteiger partial charge in [0.25, 0.3) is 0 Å². The van der Waals surface area contributed by atoms with Crippen molar-refractivity contribution in [2.45, 2.75) is 11.8 Å². The third-order valence-corrected chi connectivity index (χ3v) is 7.07. The number of benzene rings is 5. The van der Waals surface area contributed by atoms with E-state index in [1.165, 1.54) is 16.7 Å². The summed E-state index contributed by atoms with van der Waals surface area (Å²) in [5.41, 5.74) is 7.47. The number of ether oxygens (including phenoxy) is 2. The second-order valence-electron chi connectivity index (χ2n) is 8.88. The van der Waals surface area contributed by atoms with Crippen LogP contribution in [0, 0.1) is 6.92 Å². The molecule has 0 atom stereocenters. The molecule has 0 aliphatic heterocycles. The van der Waals surface area contributed by atoms with Crippen LogP contribution >= 0.6 is 11.8 Å². The molecule has 0 aliphatic carbocycles. The lowest BCUT2D eigenvalue weighted by molar-refractivity contribution is 0.415. The average molecular weight is 516 g/mol. The third-order valence-electron chi connectivity index (χ3n) is 6.28. The number of aliphatic imine (C=N–C) groups is 1. The van der Waals surface area contributed by atoms with Gasteiger partial charge < -0.3 is 9.47 Å². The minimum atomic E-state index is 0.774. The van der Waals surface area contributed by atoms with Crippen molar-refractivity contribution in [2.24, 2.45) is 4.99 Å². The first-order valence-corrected chi connectivity index (χ1v) is 13.7. The third kappa shape index (κ3) is 5.99. The summed E-state index contributed by atoms with van der Waals surface area (Å²) in [6.45, 7) is 2.10. The van der Waals surface area contributed by atoms with Crippen LogP contribution < -0.4 is 9.47 Å². The molecule has 0 aromatic heterocycles. The summed E-state index contributed by atoms with van der Waals surface area (Å²) in [4.78, 5) is 6.23. The molecule has 0 amide bonds. The quantitative estimate of drug-likeness (QED) is 0.152. The number of thioether (sulfide) groups is 1. The summed E-state index contributed by atoms with van der Waals surface area (Å²) in [5.74, 6) is 2.39. The Kier molecular flexibility index (Phi) is 7.91. The Morgan fingerprint density at radius 3 is 1.66 bits per heavy atom. The van der Waals surface area contributed by atoms with Gasteiger partial charge in [-0.25, -0.2) is 4.99 Å². The summed E-state index contributed by atoms with van der Waals surface area (Å²) in [6.07, 6.45) is 2.07. The highest BCUT2D eigenvalue weighted by atomic mass is 32.2. The fraction of sp³-hybridized carbons (Fsp3) is 0.0882. The SMILES string of the molecule is COc1ccc(C(=Nc2ccccc2SC)c2ccc(Oc3ccc(-c4ccc(C)cc4)cc3)cc2)cc1. The number of rotatable bonds is 8. The van der Waals surface area contributed by atoms with Crippen molar-refractivity contribution in [3.8, 4) is 28.4 Å². The Hall–Kier alpha value is -4.28. The maximum absolute atomic E-state index is 6.15. The monoisotopic (exact) mass is 515 g/mol. The van der Waals surface area contributed by atoms with Gasteiger partial charge in [0.15, 0.2) is 0 Å². The summed E-state index contributed by atoms with van der Waals surface area (Å²) in [5, 5.41) is 0. The first-order chi connectivity index (χ1) is 18.6. The zero-order valence-corrected chi connectivity index (χ0v) is 22.5. The molecule has 0 saturated carbocycles. The summed E-state index contributed by atoms with van der Waals surface area (Å²) in [6, 6.07) is 41.0. The van der Waals surface area contributed by atoms with Crippen molar-refractivity contribution in [2.75, 3.05) is 13.4 Å². The highest BCUT2D eigenvalue weighted by Crippen LogP contribution is 2.31. The van der Waals surface area contributed by atoms with Gasteiger partial charge in [-0.1, -0.05) is 54.1 Å². The number of hydrogen-bond donors (Lipinski definition) is 0. The van der Waals surface area contributed by atoms with Crippen molar-refractivity contribution < 1.29 is 9.47 Å². The van der Waals surface area contributed by atoms with E-state index in [4.69, 9.17) is 14.5 Å². The Balaban J connectivity index is 1.41. The largest absolute Gasteiger partial charge is 0.497 e. The Labute approximate surface area is 228 Å². The van der Waals surface area contributed by atoms with Gasteiger partial charge in [0, 0.05) is 16.0 Å². The van der Waals surface area contributed by atoms with Crippen molar-refractivity contribution in [3.05, 3.63) is 138 Å². The van der Waals surface area contributed by atoms with Gasteiger partial charge in [-0.15, -0.1) is 11.8 Å². The molecule has 38 heavy (non-hydrogen) atoms. The maximum Gasteiger partial charge on any atom is 0.127 e. The molecule has 0 saturated heterocycles. The van der Waals surface area contributed by atoms with E-state index < -0.39 is 0 Å². The van der Waals surface area contributed by atoms with Crippen molar-refractivity contribution in [1.82, 2.24) is 0 Å². The smallest absolute Gasteiger partial charge is 0.127 e. The molecule has 3 nitrogen and oxygen atoms in total. The second kappa shape index (κ2) is 11.8. The highest BCUT2D eigenvalue weighted by Gasteiger charge is 2.11. The molecule has 0 heterocycles. The van der Waals surface area contributed by atoms with Crippen LogP contribution in [0.5, 0.6) is 17.2 Å². The minimum absolute atomic E-state index is 0.774. The Bertz CT molecular complexity index is 1520. The number of methoxy groups -OCH3 is 1. The molecule has 0 bridgehead atoms. The topological polar surface area (TPSA) is 30.8 Å². The number of aryl methyl sites for hydroxylation is 1. The lowest BCUT2D eigenvalue weighted by Gasteiger charge is -2.12. The zero-order chi connectivity index (χ0) is 26.3. The molecule has 0 unspecified atom stereocenters. The van der Waals surface area contributed by atoms with Crippen LogP contribution in [0.2, 0.25) is 0 Å². The molecular formula is C34H29NO2S. The number of nitrogens with zero attached hydrogens (tertiary/aromatic N) is 1. The molecule has 0 spiro atoms. The standard InChI is InChI=1S/C34H29NO2S/c1-24-8-10-25(11-9-24)26-12-20-30(21-13-26)37-31-22-16-28(17-23-31)34(27-14-18-29(36-2)19-15-27)35-32-6-4-5-7-33(32)38-3/h4-23H,1-3H3. The molecule has 0 N–H and O–H groups in total. The molecular weight excluding hydrogens is 486 g/mol. The van der Waals surface area contributed by atoms with Crippen LogP contribution in [0.1, 0.15) is 16.7 Å². The minimum Gasteiger partial charge on any atom is -0.497 e. The summed E-state index contributed by atoms with van der Waals surface area (Å²) >= 11 is 1.69. The maximum atomic E-state index is 6.15. The number of hydrogen-bond acceptors (Lipinski definition) is 4. The predicted molar refractivity (Wildman–Crippen MR) is 160 cm³/mol. The predicted octanol–water partition coefficient (Wildman–Crippen LogP) is 9.35. The van der Waals surface area contributed by atoms with Gasteiger partial charge >= 0.3 is 0 Å². The van der Waals surface area contributed by atoms with E-state index in [0.717, 1.165) is 44.7 Å². The zero-order valence-electron chi connectivity index (χ0n) is 21.7. The summed E-state index contributed by atoms with van der Waals surface area (Å²) < 4.78 is 11.5. The lowest BCUT2D eigenvalue weighted by Crippen LogP contribution is -2.03. The molecule has 0 radical (unpaired) electrons. The Morgan fingerprint density at radius 1 is 0.605 bits per heavy atom. The molecule has 0 aliphatic rings. The van der Waals surface area contributed by atoms with E-state index in [9.17, 15) is 0 Å². The molecule has 5 rings (SSSR count). The average Bonchev–Trinajstić information content (AvgIpc) is 2.97. The first kappa shape index (κ1) is 25.4. The molecule has 5 aromatic rings. The van der Waals surface area contributed by atoms with Crippen LogP contribution in [-0.2, 0) is 0 Å². The van der Waals surface area contributed by atoms with Gasteiger partial charge in [0.05, 0.1) is 18.5 Å². The summed E-state index contributed by atoms with van der Waals surface area (Å²) in [7, 11) is 1.67. The first-order valence-electron chi connectivity index (χ1n) is 12.4. The highest BCUT2D eigenvalue weighted by molar-refractivity contribution is 7.98. The van der Waals surface area contributed by atoms with Gasteiger partial charge in [0.1, 0.15) is 17.2 Å². The normalized spacial score (nSPS) is 11.3. The van der Waals surface area contributed by atoms with Crippen LogP contribution in [0.4, 0.5) is 5.69 Å². The molecule has 0 fully saturated rings. The van der Waals surface area contributed by atoms with Gasteiger partial charge in [-0.2, -0.15) is 0 Å². The van der Waals surface area contributed by atoms with Crippen molar-refractivity contribution >= 4 is 23.2 Å². The lowest BCUT2D eigenvalue weighted by atomic mass is 10.0. The molecule has 5 aromatic carbocycles. The molecule has 4 heteroatoms. The Morgan fingerprint density at radius 2 is 1.11 bits per heavy atom. The van der Waals surface area contributed by atoms with E-state index >= 15 is 0 Å². The van der Waals surface area contributed by atoms with E-state index in [2.05, 4.69) is 67.8 Å². The van der Waals surface area contributed by atoms with Gasteiger partial charge in [0.2, 0.25) is 0 Å². The van der Waals surface area contributed by atoms with Gasteiger partial charge in [-0.3, -0.25) is 0 Å².